The molecular weight excluding hydrogens is 332 g/mol. The van der Waals surface area contributed by atoms with Crippen molar-refractivity contribution in [1.82, 2.24) is 5.32 Å². The summed E-state index contributed by atoms with van der Waals surface area (Å²) in [7, 11) is 0. The van der Waals surface area contributed by atoms with Crippen LogP contribution in [0.2, 0.25) is 0 Å². The molecule has 7 heteroatoms. The van der Waals surface area contributed by atoms with Crippen LogP contribution in [0.1, 0.15) is 20.3 Å². The van der Waals surface area contributed by atoms with E-state index < -0.39 is 6.04 Å². The fourth-order valence-corrected chi connectivity index (χ4v) is 2.11. The number of amides is 4. The summed E-state index contributed by atoms with van der Waals surface area (Å²) in [6.45, 7) is 3.34. The summed E-state index contributed by atoms with van der Waals surface area (Å²) >= 11 is 0. The van der Waals surface area contributed by atoms with Crippen molar-refractivity contribution in [2.45, 2.75) is 26.3 Å². The molecule has 0 spiro atoms. The van der Waals surface area contributed by atoms with E-state index in [2.05, 4.69) is 21.3 Å². The molecular formula is C19H22N4O3. The average molecular weight is 354 g/mol. The summed E-state index contributed by atoms with van der Waals surface area (Å²) in [5, 5.41) is 10.7. The maximum Gasteiger partial charge on any atom is 0.323 e. The molecule has 2 aromatic rings. The Morgan fingerprint density at radius 2 is 1.31 bits per heavy atom. The second kappa shape index (κ2) is 9.22. The summed E-state index contributed by atoms with van der Waals surface area (Å²) in [4.78, 5) is 35.3. The molecule has 0 bridgehead atoms. The van der Waals surface area contributed by atoms with Gasteiger partial charge in [-0.15, -0.1) is 0 Å². The summed E-state index contributed by atoms with van der Waals surface area (Å²) < 4.78 is 0. The molecule has 0 radical (unpaired) electrons. The average Bonchev–Trinajstić information content (AvgIpc) is 2.63. The maximum atomic E-state index is 12.0. The molecule has 7 nitrogen and oxygen atoms in total. The largest absolute Gasteiger partial charge is 0.345 e. The van der Waals surface area contributed by atoms with E-state index in [9.17, 15) is 14.4 Å². The molecule has 4 N–H and O–H groups in total. The molecule has 0 aromatic heterocycles. The van der Waals surface area contributed by atoms with E-state index in [0.717, 1.165) is 0 Å². The minimum Gasteiger partial charge on any atom is -0.345 e. The second-order valence-electron chi connectivity index (χ2n) is 5.65. The number of para-hydroxylation sites is 1. The molecule has 2 rings (SSSR count). The van der Waals surface area contributed by atoms with Crippen LogP contribution in [-0.2, 0) is 9.59 Å². The Balaban J connectivity index is 1.86. The highest BCUT2D eigenvalue weighted by Gasteiger charge is 2.14. The zero-order valence-electron chi connectivity index (χ0n) is 14.7. The lowest BCUT2D eigenvalue weighted by Crippen LogP contribution is -2.41. The monoisotopic (exact) mass is 354 g/mol. The van der Waals surface area contributed by atoms with Gasteiger partial charge in [0.05, 0.1) is 0 Å². The molecule has 0 aliphatic rings. The van der Waals surface area contributed by atoms with Gasteiger partial charge in [0.15, 0.2) is 0 Å². The zero-order valence-corrected chi connectivity index (χ0v) is 14.7. The highest BCUT2D eigenvalue weighted by molar-refractivity contribution is 6.00. The molecule has 0 fully saturated rings. The van der Waals surface area contributed by atoms with Crippen LogP contribution in [-0.4, -0.2) is 23.9 Å². The highest BCUT2D eigenvalue weighted by Crippen LogP contribution is 2.14. The van der Waals surface area contributed by atoms with Gasteiger partial charge in [0, 0.05) is 23.5 Å². The molecule has 4 amide bonds. The summed E-state index contributed by atoms with van der Waals surface area (Å²) in [5.74, 6) is -0.494. The SMILES string of the molecule is CCC(=O)N[C@@H](C)C(=O)Nc1ccc(NC(=O)Nc2ccccc2)cc1. The topological polar surface area (TPSA) is 99.3 Å². The van der Waals surface area contributed by atoms with Gasteiger partial charge < -0.3 is 21.3 Å². The number of carbonyl (C=O) groups excluding carboxylic acids is 3. The first-order chi connectivity index (χ1) is 12.5. The summed E-state index contributed by atoms with van der Waals surface area (Å²) in [6, 6.07) is 14.8. The minimum atomic E-state index is -0.628. The standard InChI is InChI=1S/C19H22N4O3/c1-3-17(24)20-13(2)18(25)21-15-9-11-16(12-10-15)23-19(26)22-14-7-5-4-6-8-14/h4-13H,3H2,1-2H3,(H,20,24)(H,21,25)(H2,22,23,26)/t13-/m0/s1. The van der Waals surface area contributed by atoms with Crippen molar-refractivity contribution < 1.29 is 14.4 Å². The van der Waals surface area contributed by atoms with E-state index in [1.165, 1.54) is 0 Å². The van der Waals surface area contributed by atoms with E-state index in [-0.39, 0.29) is 17.8 Å². The number of rotatable bonds is 6. The Kier molecular flexibility index (Phi) is 6.73. The third-order valence-corrected chi connectivity index (χ3v) is 3.53. The Hall–Kier alpha value is -3.35. The highest BCUT2D eigenvalue weighted by atomic mass is 16.2. The van der Waals surface area contributed by atoms with Crippen molar-refractivity contribution in [1.29, 1.82) is 0 Å². The Morgan fingerprint density at radius 3 is 1.85 bits per heavy atom. The second-order valence-corrected chi connectivity index (χ2v) is 5.65. The molecule has 26 heavy (non-hydrogen) atoms. The van der Waals surface area contributed by atoms with E-state index in [1.807, 2.05) is 18.2 Å². The Morgan fingerprint density at radius 1 is 0.808 bits per heavy atom. The molecule has 0 aliphatic carbocycles. The fraction of sp³-hybridized carbons (Fsp3) is 0.211. The molecule has 2 aromatic carbocycles. The van der Waals surface area contributed by atoms with Crippen molar-refractivity contribution in [2.75, 3.05) is 16.0 Å². The van der Waals surface area contributed by atoms with Gasteiger partial charge in [0.1, 0.15) is 6.04 Å². The molecule has 0 saturated heterocycles. The van der Waals surface area contributed by atoms with Crippen molar-refractivity contribution in [2.24, 2.45) is 0 Å². The van der Waals surface area contributed by atoms with Crippen LogP contribution in [0.3, 0.4) is 0 Å². The van der Waals surface area contributed by atoms with Gasteiger partial charge in [0.2, 0.25) is 11.8 Å². The predicted molar refractivity (Wildman–Crippen MR) is 102 cm³/mol. The van der Waals surface area contributed by atoms with Gasteiger partial charge >= 0.3 is 6.03 Å². The van der Waals surface area contributed by atoms with Crippen molar-refractivity contribution >= 4 is 34.9 Å². The van der Waals surface area contributed by atoms with E-state index >= 15 is 0 Å². The van der Waals surface area contributed by atoms with Gasteiger partial charge in [-0.1, -0.05) is 25.1 Å². The van der Waals surface area contributed by atoms with Crippen molar-refractivity contribution in [3.05, 3.63) is 54.6 Å². The number of nitrogens with one attached hydrogen (secondary N) is 4. The minimum absolute atomic E-state index is 0.184. The Bertz CT molecular complexity index is 760. The third kappa shape index (κ3) is 5.94. The van der Waals surface area contributed by atoms with Gasteiger partial charge in [-0.25, -0.2) is 4.79 Å². The van der Waals surface area contributed by atoms with Crippen LogP contribution >= 0.6 is 0 Å². The molecule has 136 valence electrons. The number of anilines is 3. The van der Waals surface area contributed by atoms with E-state index in [4.69, 9.17) is 0 Å². The van der Waals surface area contributed by atoms with E-state index in [1.54, 1.807) is 50.2 Å². The van der Waals surface area contributed by atoms with Crippen LogP contribution in [0, 0.1) is 0 Å². The number of carbonyl (C=O) groups is 3. The molecule has 0 saturated carbocycles. The lowest BCUT2D eigenvalue weighted by molar-refractivity contribution is -0.125. The summed E-state index contributed by atoms with van der Waals surface area (Å²) in [6.07, 6.45) is 0.322. The molecule has 1 atom stereocenters. The van der Waals surface area contributed by atoms with Gasteiger partial charge in [0.25, 0.3) is 0 Å². The van der Waals surface area contributed by atoms with Crippen molar-refractivity contribution in [3.8, 4) is 0 Å². The number of hydrogen-bond donors (Lipinski definition) is 4. The van der Waals surface area contributed by atoms with Crippen LogP contribution in [0.5, 0.6) is 0 Å². The molecule has 0 aliphatic heterocycles. The van der Waals surface area contributed by atoms with Crippen LogP contribution in [0.4, 0.5) is 21.9 Å². The first-order valence-corrected chi connectivity index (χ1v) is 8.31. The van der Waals surface area contributed by atoms with Crippen LogP contribution in [0.15, 0.2) is 54.6 Å². The number of hydrogen-bond acceptors (Lipinski definition) is 3. The first-order valence-electron chi connectivity index (χ1n) is 8.31. The van der Waals surface area contributed by atoms with Gasteiger partial charge in [-0.2, -0.15) is 0 Å². The maximum absolute atomic E-state index is 12.0. The normalized spacial score (nSPS) is 11.2. The van der Waals surface area contributed by atoms with Crippen LogP contribution in [0.25, 0.3) is 0 Å². The predicted octanol–water partition coefficient (Wildman–Crippen LogP) is 3.18. The van der Waals surface area contributed by atoms with E-state index in [0.29, 0.717) is 23.5 Å². The number of urea groups is 1. The van der Waals surface area contributed by atoms with Gasteiger partial charge in [-0.3, -0.25) is 9.59 Å². The third-order valence-electron chi connectivity index (χ3n) is 3.53. The Labute approximate surface area is 152 Å². The fourth-order valence-electron chi connectivity index (χ4n) is 2.11. The van der Waals surface area contributed by atoms with Crippen LogP contribution < -0.4 is 21.3 Å². The lowest BCUT2D eigenvalue weighted by Gasteiger charge is -2.14. The lowest BCUT2D eigenvalue weighted by atomic mass is 10.2. The summed E-state index contributed by atoms with van der Waals surface area (Å²) in [5.41, 5.74) is 1.85. The zero-order chi connectivity index (χ0) is 18.9. The molecule has 0 heterocycles. The quantitative estimate of drug-likeness (QED) is 0.641. The first kappa shape index (κ1) is 19.0. The van der Waals surface area contributed by atoms with Gasteiger partial charge in [-0.05, 0) is 43.3 Å². The van der Waals surface area contributed by atoms with Crippen molar-refractivity contribution in [3.63, 3.8) is 0 Å². The smallest absolute Gasteiger partial charge is 0.323 e. The molecule has 0 unspecified atom stereocenters. The number of benzene rings is 2.